The van der Waals surface area contributed by atoms with E-state index in [4.69, 9.17) is 4.84 Å². The average Bonchev–Trinajstić information content (AvgIpc) is 3.32. The van der Waals surface area contributed by atoms with E-state index in [9.17, 15) is 9.18 Å². The second-order valence-corrected chi connectivity index (χ2v) is 8.08. The molecule has 0 radical (unpaired) electrons. The molecule has 0 bridgehead atoms. The highest BCUT2D eigenvalue weighted by Gasteiger charge is 2.30. The van der Waals surface area contributed by atoms with Gasteiger partial charge in [0, 0.05) is 10.9 Å². The van der Waals surface area contributed by atoms with Gasteiger partial charge < -0.3 is 10.2 Å². The molecule has 30 heavy (non-hydrogen) atoms. The Labute approximate surface area is 181 Å². The number of nitrogens with zero attached hydrogens (tertiary/aromatic N) is 3. The van der Waals surface area contributed by atoms with Gasteiger partial charge in [0.2, 0.25) is 6.10 Å². The van der Waals surface area contributed by atoms with Gasteiger partial charge in [0.05, 0.1) is 29.3 Å². The first kappa shape index (κ1) is 20.3. The molecule has 1 aliphatic heterocycles. The average molecular weight is 471 g/mol. The number of carbonyl (C=O) groups is 1. The lowest BCUT2D eigenvalue weighted by molar-refractivity contribution is -0.125. The van der Waals surface area contributed by atoms with Gasteiger partial charge in [0.25, 0.3) is 5.91 Å². The molecule has 154 valence electrons. The van der Waals surface area contributed by atoms with Crippen LogP contribution in [0.2, 0.25) is 0 Å². The molecule has 4 rings (SSSR count). The molecule has 0 saturated heterocycles. The van der Waals surface area contributed by atoms with Gasteiger partial charge in [0.1, 0.15) is 5.82 Å². The lowest BCUT2D eigenvalue weighted by Crippen LogP contribution is -2.28. The predicted molar refractivity (Wildman–Crippen MR) is 116 cm³/mol. The highest BCUT2D eigenvalue weighted by Crippen LogP contribution is 2.24. The number of oxime groups is 1. The quantitative estimate of drug-likeness (QED) is 0.593. The van der Waals surface area contributed by atoms with Crippen LogP contribution in [0.3, 0.4) is 0 Å². The van der Waals surface area contributed by atoms with E-state index in [1.165, 1.54) is 12.1 Å². The molecule has 1 N–H and O–H groups in total. The van der Waals surface area contributed by atoms with Gasteiger partial charge in [-0.2, -0.15) is 5.10 Å². The molecular formula is C22H20BrFN4O2. The van der Waals surface area contributed by atoms with Crippen molar-refractivity contribution in [1.82, 2.24) is 9.78 Å². The zero-order valence-electron chi connectivity index (χ0n) is 16.5. The summed E-state index contributed by atoms with van der Waals surface area (Å²) in [6.45, 7) is 4.38. The Hall–Kier alpha value is -3.00. The summed E-state index contributed by atoms with van der Waals surface area (Å²) in [5.41, 5.74) is 4.74. The Balaban J connectivity index is 1.43. The minimum atomic E-state index is -0.737. The van der Waals surface area contributed by atoms with E-state index >= 15 is 0 Å². The number of halogens is 2. The lowest BCUT2D eigenvalue weighted by atomic mass is 10.0. The maximum Gasteiger partial charge on any atom is 0.268 e. The summed E-state index contributed by atoms with van der Waals surface area (Å²) >= 11 is 3.43. The minimum absolute atomic E-state index is 0.287. The van der Waals surface area contributed by atoms with E-state index in [1.807, 2.05) is 42.8 Å². The first-order valence-corrected chi connectivity index (χ1v) is 10.3. The van der Waals surface area contributed by atoms with Crippen molar-refractivity contribution in [2.75, 3.05) is 5.32 Å². The van der Waals surface area contributed by atoms with E-state index in [0.29, 0.717) is 24.4 Å². The highest BCUT2D eigenvalue weighted by atomic mass is 79.9. The molecule has 1 unspecified atom stereocenters. The molecule has 0 spiro atoms. The molecule has 3 aromatic rings. The Morgan fingerprint density at radius 2 is 1.90 bits per heavy atom. The third-order valence-electron chi connectivity index (χ3n) is 5.01. The van der Waals surface area contributed by atoms with Crippen molar-refractivity contribution in [3.63, 3.8) is 0 Å². The fourth-order valence-electron chi connectivity index (χ4n) is 3.33. The molecule has 1 atom stereocenters. The van der Waals surface area contributed by atoms with Crippen molar-refractivity contribution in [2.24, 2.45) is 5.16 Å². The van der Waals surface area contributed by atoms with Gasteiger partial charge in [-0.25, -0.2) is 4.39 Å². The molecule has 8 heteroatoms. The van der Waals surface area contributed by atoms with Gasteiger partial charge in [-0.15, -0.1) is 0 Å². The first-order valence-electron chi connectivity index (χ1n) is 9.48. The fourth-order valence-corrected chi connectivity index (χ4v) is 3.59. The Bertz CT molecular complexity index is 1110. The molecule has 2 heterocycles. The predicted octanol–water partition coefficient (Wildman–Crippen LogP) is 4.58. The summed E-state index contributed by atoms with van der Waals surface area (Å²) in [4.78, 5) is 18.1. The number of aromatic nitrogens is 2. The second-order valence-electron chi connectivity index (χ2n) is 7.16. The molecule has 0 fully saturated rings. The molecular weight excluding hydrogens is 451 g/mol. The summed E-state index contributed by atoms with van der Waals surface area (Å²) in [6.07, 6.45) is -0.415. The monoisotopic (exact) mass is 470 g/mol. The molecule has 0 aliphatic carbocycles. The van der Waals surface area contributed by atoms with Crippen LogP contribution in [-0.2, 0) is 16.2 Å². The number of hydrogen-bond donors (Lipinski definition) is 1. The standard InChI is InChI=1S/C22H20BrFN4O2/c1-13-21(14(2)28(26-13)12-15-3-7-17(23)8-4-15)25-22(29)20-11-19(27-30-20)16-5-9-18(24)10-6-16/h3-10,20H,11-12H2,1-2H3,(H,25,29). The van der Waals surface area contributed by atoms with Gasteiger partial charge in [-0.05, 0) is 49.2 Å². The van der Waals surface area contributed by atoms with Gasteiger partial charge >= 0.3 is 0 Å². The van der Waals surface area contributed by atoms with Crippen molar-refractivity contribution >= 4 is 33.2 Å². The van der Waals surface area contributed by atoms with Gasteiger partial charge in [0.15, 0.2) is 0 Å². The SMILES string of the molecule is Cc1nn(Cc2ccc(Br)cc2)c(C)c1NC(=O)C1CC(c2ccc(F)cc2)=NO1. The zero-order valence-corrected chi connectivity index (χ0v) is 18.1. The Morgan fingerprint density at radius 3 is 2.60 bits per heavy atom. The topological polar surface area (TPSA) is 68.5 Å². The summed E-state index contributed by atoms with van der Waals surface area (Å²) in [5.74, 6) is -0.607. The van der Waals surface area contributed by atoms with Crippen LogP contribution in [0, 0.1) is 19.7 Å². The molecule has 6 nitrogen and oxygen atoms in total. The minimum Gasteiger partial charge on any atom is -0.382 e. The van der Waals surface area contributed by atoms with Crippen LogP contribution in [0.15, 0.2) is 58.2 Å². The van der Waals surface area contributed by atoms with Crippen LogP contribution in [0.25, 0.3) is 0 Å². The number of benzene rings is 2. The van der Waals surface area contributed by atoms with E-state index in [-0.39, 0.29) is 11.7 Å². The van der Waals surface area contributed by atoms with Crippen LogP contribution >= 0.6 is 15.9 Å². The van der Waals surface area contributed by atoms with Crippen molar-refractivity contribution in [1.29, 1.82) is 0 Å². The third kappa shape index (κ3) is 4.28. The zero-order chi connectivity index (χ0) is 21.3. The number of carbonyl (C=O) groups excluding carboxylic acids is 1. The van der Waals surface area contributed by atoms with Crippen LogP contribution in [0.4, 0.5) is 10.1 Å². The highest BCUT2D eigenvalue weighted by molar-refractivity contribution is 9.10. The Kier molecular flexibility index (Phi) is 5.67. The maximum absolute atomic E-state index is 13.1. The van der Waals surface area contributed by atoms with Crippen LogP contribution in [0.5, 0.6) is 0 Å². The fraction of sp³-hybridized carbons (Fsp3) is 0.227. The van der Waals surface area contributed by atoms with E-state index in [2.05, 4.69) is 31.5 Å². The summed E-state index contributed by atoms with van der Waals surface area (Å²) in [6, 6.07) is 14.0. The molecule has 1 aromatic heterocycles. The number of anilines is 1. The number of nitrogens with one attached hydrogen (secondary N) is 1. The molecule has 0 saturated carbocycles. The van der Waals surface area contributed by atoms with Crippen molar-refractivity contribution < 1.29 is 14.0 Å². The number of amides is 1. The van der Waals surface area contributed by atoms with Gasteiger partial charge in [-0.3, -0.25) is 9.48 Å². The second kappa shape index (κ2) is 8.39. The van der Waals surface area contributed by atoms with E-state index < -0.39 is 6.10 Å². The first-order chi connectivity index (χ1) is 14.4. The van der Waals surface area contributed by atoms with E-state index in [1.54, 1.807) is 12.1 Å². The molecule has 1 aliphatic rings. The van der Waals surface area contributed by atoms with Crippen molar-refractivity contribution in [3.8, 4) is 0 Å². The number of aryl methyl sites for hydroxylation is 1. The largest absolute Gasteiger partial charge is 0.382 e. The normalized spacial score (nSPS) is 15.6. The van der Waals surface area contributed by atoms with Gasteiger partial charge in [-0.1, -0.05) is 45.4 Å². The van der Waals surface area contributed by atoms with Crippen LogP contribution in [0.1, 0.15) is 28.9 Å². The van der Waals surface area contributed by atoms with Crippen LogP contribution in [-0.4, -0.2) is 27.5 Å². The Morgan fingerprint density at radius 1 is 1.20 bits per heavy atom. The molecule has 1 amide bonds. The summed E-state index contributed by atoms with van der Waals surface area (Å²) in [5, 5.41) is 11.5. The smallest absolute Gasteiger partial charge is 0.268 e. The lowest BCUT2D eigenvalue weighted by Gasteiger charge is -2.10. The van der Waals surface area contributed by atoms with Crippen molar-refractivity contribution in [2.45, 2.75) is 32.9 Å². The summed E-state index contributed by atoms with van der Waals surface area (Å²) in [7, 11) is 0. The number of rotatable bonds is 5. The maximum atomic E-state index is 13.1. The number of hydrogen-bond acceptors (Lipinski definition) is 4. The molecule has 2 aromatic carbocycles. The van der Waals surface area contributed by atoms with Crippen LogP contribution < -0.4 is 5.32 Å². The van der Waals surface area contributed by atoms with E-state index in [0.717, 1.165) is 27.0 Å². The summed E-state index contributed by atoms with van der Waals surface area (Å²) < 4.78 is 16.0. The third-order valence-corrected chi connectivity index (χ3v) is 5.54. The van der Waals surface area contributed by atoms with Crippen molar-refractivity contribution in [3.05, 3.63) is 81.3 Å².